The highest BCUT2D eigenvalue weighted by molar-refractivity contribution is 7.89. The fourth-order valence-corrected chi connectivity index (χ4v) is 5.58. The predicted octanol–water partition coefficient (Wildman–Crippen LogP) is 2.71. The van der Waals surface area contributed by atoms with Crippen LogP contribution in [0.4, 0.5) is 15.8 Å². The molecule has 172 valence electrons. The number of morpholine rings is 1. The van der Waals surface area contributed by atoms with Gasteiger partial charge in [0.25, 0.3) is 5.91 Å². The van der Waals surface area contributed by atoms with Gasteiger partial charge in [-0.3, -0.25) is 4.79 Å². The molecule has 0 saturated carbocycles. The van der Waals surface area contributed by atoms with E-state index in [1.165, 1.54) is 35.7 Å². The van der Waals surface area contributed by atoms with E-state index >= 15 is 0 Å². The van der Waals surface area contributed by atoms with Gasteiger partial charge in [-0.25, -0.2) is 12.8 Å². The Morgan fingerprint density at radius 1 is 1.09 bits per heavy atom. The fourth-order valence-electron chi connectivity index (χ4n) is 3.99. The first-order valence-electron chi connectivity index (χ1n) is 10.5. The summed E-state index contributed by atoms with van der Waals surface area (Å²) in [5.74, 6) is -1.01. The maximum Gasteiger partial charge on any atom is 0.255 e. The molecule has 2 fully saturated rings. The minimum atomic E-state index is -3.90. The summed E-state index contributed by atoms with van der Waals surface area (Å²) in [6.45, 7) is 2.61. The van der Waals surface area contributed by atoms with Crippen LogP contribution < -0.4 is 15.0 Å². The molecule has 1 amide bonds. The first-order valence-corrected chi connectivity index (χ1v) is 12.0. The largest absolute Gasteiger partial charge is 0.495 e. The lowest BCUT2D eigenvalue weighted by Gasteiger charge is -2.27. The molecule has 0 atom stereocenters. The second-order valence-electron chi connectivity index (χ2n) is 7.66. The molecule has 0 spiro atoms. The second kappa shape index (κ2) is 9.43. The van der Waals surface area contributed by atoms with Crippen LogP contribution in [0, 0.1) is 5.82 Å². The minimum Gasteiger partial charge on any atom is -0.495 e. The third-order valence-electron chi connectivity index (χ3n) is 5.69. The first kappa shape index (κ1) is 22.5. The quantitative estimate of drug-likeness (QED) is 0.709. The minimum absolute atomic E-state index is 0.0906. The van der Waals surface area contributed by atoms with Gasteiger partial charge in [-0.15, -0.1) is 0 Å². The Kier molecular flexibility index (Phi) is 6.63. The number of amides is 1. The summed E-state index contributed by atoms with van der Waals surface area (Å²) in [5.41, 5.74) is 0.798. The lowest BCUT2D eigenvalue weighted by atomic mass is 10.1. The molecule has 2 aliphatic heterocycles. The molecule has 2 saturated heterocycles. The maximum atomic E-state index is 14.6. The normalized spacial score (nSPS) is 17.4. The van der Waals surface area contributed by atoms with Gasteiger partial charge in [-0.1, -0.05) is 6.07 Å². The van der Waals surface area contributed by atoms with Crippen molar-refractivity contribution in [2.24, 2.45) is 0 Å². The number of para-hydroxylation sites is 1. The van der Waals surface area contributed by atoms with Crippen LogP contribution in [-0.4, -0.2) is 65.1 Å². The Labute approximate surface area is 187 Å². The second-order valence-corrected chi connectivity index (χ2v) is 9.57. The molecule has 0 bridgehead atoms. The van der Waals surface area contributed by atoms with Gasteiger partial charge in [0.1, 0.15) is 22.1 Å². The number of benzene rings is 2. The lowest BCUT2D eigenvalue weighted by molar-refractivity contribution is 0.0729. The van der Waals surface area contributed by atoms with Gasteiger partial charge in [0.2, 0.25) is 10.0 Å². The van der Waals surface area contributed by atoms with Crippen molar-refractivity contribution in [1.29, 1.82) is 0 Å². The zero-order valence-electron chi connectivity index (χ0n) is 17.8. The molecule has 10 heteroatoms. The van der Waals surface area contributed by atoms with E-state index < -0.39 is 21.7 Å². The molecule has 2 aromatic rings. The number of rotatable bonds is 6. The molecule has 2 aliphatic rings. The van der Waals surface area contributed by atoms with E-state index in [1.807, 2.05) is 4.90 Å². The highest BCUT2D eigenvalue weighted by Crippen LogP contribution is 2.33. The van der Waals surface area contributed by atoms with E-state index in [0.717, 1.165) is 25.9 Å². The summed E-state index contributed by atoms with van der Waals surface area (Å²) in [6.07, 6.45) is 2.01. The van der Waals surface area contributed by atoms with Crippen LogP contribution in [0.1, 0.15) is 23.2 Å². The van der Waals surface area contributed by atoms with E-state index in [0.29, 0.717) is 18.9 Å². The molecule has 0 aliphatic carbocycles. The van der Waals surface area contributed by atoms with Crippen LogP contribution in [0.3, 0.4) is 0 Å². The highest BCUT2D eigenvalue weighted by Gasteiger charge is 2.30. The van der Waals surface area contributed by atoms with E-state index in [2.05, 4.69) is 5.32 Å². The van der Waals surface area contributed by atoms with Crippen molar-refractivity contribution in [2.45, 2.75) is 17.7 Å². The molecule has 0 unspecified atom stereocenters. The smallest absolute Gasteiger partial charge is 0.255 e. The van der Waals surface area contributed by atoms with Gasteiger partial charge in [-0.05, 0) is 43.2 Å². The number of anilines is 2. The van der Waals surface area contributed by atoms with Crippen molar-refractivity contribution in [3.63, 3.8) is 0 Å². The molecular weight excluding hydrogens is 437 g/mol. The molecule has 0 radical (unpaired) electrons. The van der Waals surface area contributed by atoms with Crippen LogP contribution in [0.5, 0.6) is 5.75 Å². The Balaban J connectivity index is 1.65. The molecule has 2 heterocycles. The van der Waals surface area contributed by atoms with Crippen LogP contribution in [0.15, 0.2) is 41.3 Å². The molecule has 0 aromatic heterocycles. The first-order chi connectivity index (χ1) is 15.4. The van der Waals surface area contributed by atoms with Crippen molar-refractivity contribution in [2.75, 3.05) is 56.7 Å². The summed E-state index contributed by atoms with van der Waals surface area (Å²) in [4.78, 5) is 14.9. The number of sulfonamides is 1. The number of halogens is 1. The zero-order valence-corrected chi connectivity index (χ0v) is 18.7. The average Bonchev–Trinajstić information content (AvgIpc) is 3.35. The number of hydrogen-bond donors (Lipinski definition) is 1. The molecule has 2 aromatic carbocycles. The van der Waals surface area contributed by atoms with Crippen molar-refractivity contribution >= 4 is 27.3 Å². The average molecular weight is 464 g/mol. The van der Waals surface area contributed by atoms with Gasteiger partial charge in [-0.2, -0.15) is 4.31 Å². The number of carbonyl (C=O) groups is 1. The number of nitrogens with zero attached hydrogens (tertiary/aromatic N) is 2. The SMILES string of the molecule is COc1ccc(C(=O)Nc2c(F)cccc2N2CCCC2)cc1S(=O)(=O)N1CCOCC1. The molecule has 8 nitrogen and oxygen atoms in total. The molecule has 4 rings (SSSR count). The standard InChI is InChI=1S/C22H26FN3O5S/c1-30-19-8-7-16(15-20(19)32(28,29)26-11-13-31-14-12-26)22(27)24-21-17(23)5-4-6-18(21)25-9-2-3-10-25/h4-8,15H,2-3,9-14H2,1H3,(H,24,27). The topological polar surface area (TPSA) is 88.2 Å². The number of methoxy groups -OCH3 is 1. The van der Waals surface area contributed by atoms with E-state index in [9.17, 15) is 17.6 Å². The van der Waals surface area contributed by atoms with Gasteiger partial charge >= 0.3 is 0 Å². The van der Waals surface area contributed by atoms with Crippen LogP contribution in [0.25, 0.3) is 0 Å². The van der Waals surface area contributed by atoms with Gasteiger partial charge in [0.15, 0.2) is 0 Å². The van der Waals surface area contributed by atoms with Crippen molar-refractivity contribution in [1.82, 2.24) is 4.31 Å². The van der Waals surface area contributed by atoms with Gasteiger partial charge in [0.05, 0.1) is 26.0 Å². The third kappa shape index (κ3) is 4.43. The fraction of sp³-hybridized carbons (Fsp3) is 0.409. The Morgan fingerprint density at radius 2 is 1.81 bits per heavy atom. The van der Waals surface area contributed by atoms with Crippen molar-refractivity contribution < 1.29 is 27.1 Å². The maximum absolute atomic E-state index is 14.6. The predicted molar refractivity (Wildman–Crippen MR) is 118 cm³/mol. The number of carbonyl (C=O) groups excluding carboxylic acids is 1. The van der Waals surface area contributed by atoms with E-state index in [1.54, 1.807) is 12.1 Å². The summed E-state index contributed by atoms with van der Waals surface area (Å²) in [7, 11) is -2.53. The van der Waals surface area contributed by atoms with Crippen molar-refractivity contribution in [3.05, 3.63) is 47.8 Å². The van der Waals surface area contributed by atoms with E-state index in [4.69, 9.17) is 9.47 Å². The molecule has 32 heavy (non-hydrogen) atoms. The van der Waals surface area contributed by atoms with E-state index in [-0.39, 0.29) is 35.0 Å². The van der Waals surface area contributed by atoms with Crippen LogP contribution in [-0.2, 0) is 14.8 Å². The monoisotopic (exact) mass is 463 g/mol. The Bertz CT molecular complexity index is 1100. The molecular formula is C22H26FN3O5S. The Morgan fingerprint density at radius 3 is 2.50 bits per heavy atom. The van der Waals surface area contributed by atoms with Crippen LogP contribution >= 0.6 is 0 Å². The molecule has 1 N–H and O–H groups in total. The van der Waals surface area contributed by atoms with Crippen molar-refractivity contribution in [3.8, 4) is 5.75 Å². The Hall–Kier alpha value is -2.69. The lowest BCUT2D eigenvalue weighted by Crippen LogP contribution is -2.40. The van der Waals surface area contributed by atoms with Gasteiger partial charge in [0, 0.05) is 31.7 Å². The summed E-state index contributed by atoms with van der Waals surface area (Å²) >= 11 is 0. The highest BCUT2D eigenvalue weighted by atomic mass is 32.2. The number of ether oxygens (including phenoxy) is 2. The summed E-state index contributed by atoms with van der Waals surface area (Å²) in [6, 6.07) is 8.84. The summed E-state index contributed by atoms with van der Waals surface area (Å²) in [5, 5.41) is 2.64. The van der Waals surface area contributed by atoms with Crippen LogP contribution in [0.2, 0.25) is 0 Å². The van der Waals surface area contributed by atoms with Gasteiger partial charge < -0.3 is 19.7 Å². The number of nitrogens with one attached hydrogen (secondary N) is 1. The summed E-state index contributed by atoms with van der Waals surface area (Å²) < 4.78 is 52.8. The number of hydrogen-bond acceptors (Lipinski definition) is 6. The third-order valence-corrected chi connectivity index (χ3v) is 7.61. The zero-order chi connectivity index (χ0) is 22.7.